The first-order valence-electron chi connectivity index (χ1n) is 10.6. The molecule has 0 saturated carbocycles. The van der Waals surface area contributed by atoms with Gasteiger partial charge in [-0.05, 0) is 69.0 Å². The van der Waals surface area contributed by atoms with Crippen molar-refractivity contribution in [3.63, 3.8) is 0 Å². The number of fused-ring (bicyclic) bond motifs is 1. The van der Waals surface area contributed by atoms with Gasteiger partial charge in [-0.1, -0.05) is 0 Å². The fourth-order valence-corrected chi connectivity index (χ4v) is 3.90. The Kier molecular flexibility index (Phi) is 6.32. The number of aromatic nitrogens is 1. The number of nitrogens with zero attached hydrogens (tertiary/aromatic N) is 4. The summed E-state index contributed by atoms with van der Waals surface area (Å²) in [4.78, 5) is 36.2. The standard InChI is InChI=1S/C24H25FN6O2/c1-30(2)19-9-10-31(14-19)24(33)15-3-6-18(7-4-15)27-13-22(29-26)20-12-16-11-17(25)5-8-21(16)28-23(20)32/h3-8,11-13,19H,9-10,14,26H2,1-2H3,(H,28,32). The van der Waals surface area contributed by atoms with Crippen molar-refractivity contribution in [1.82, 2.24) is 14.8 Å². The molecule has 3 aromatic rings. The number of aromatic amines is 1. The number of hydrazone groups is 1. The molecule has 1 fully saturated rings. The van der Waals surface area contributed by atoms with Gasteiger partial charge in [-0.2, -0.15) is 5.10 Å². The Balaban J connectivity index is 1.50. The number of carbonyl (C=O) groups excluding carboxylic acids is 1. The van der Waals surface area contributed by atoms with Crippen LogP contribution < -0.4 is 11.4 Å². The van der Waals surface area contributed by atoms with Crippen LogP contribution in [0.15, 0.2) is 63.4 Å². The van der Waals surface area contributed by atoms with Gasteiger partial charge in [0.15, 0.2) is 0 Å². The number of aliphatic imine (C=N–C) groups is 1. The number of halogens is 1. The van der Waals surface area contributed by atoms with Crippen molar-refractivity contribution in [1.29, 1.82) is 0 Å². The van der Waals surface area contributed by atoms with Crippen LogP contribution in [0.1, 0.15) is 22.3 Å². The number of carbonyl (C=O) groups is 1. The SMILES string of the molecule is CN(C)C1CCN(C(=O)c2ccc(N=CC(=NN)c3cc4cc(F)ccc4[nH]c3=O)cc2)C1. The first-order chi connectivity index (χ1) is 15.9. The number of likely N-dealkylation sites (tertiary alicyclic amines) is 1. The fourth-order valence-electron chi connectivity index (χ4n) is 3.90. The van der Waals surface area contributed by atoms with E-state index in [1.165, 1.54) is 30.5 Å². The quantitative estimate of drug-likeness (QED) is 0.355. The smallest absolute Gasteiger partial charge is 0.258 e. The van der Waals surface area contributed by atoms with Crippen LogP contribution in [0, 0.1) is 5.82 Å². The lowest BCUT2D eigenvalue weighted by atomic mass is 10.1. The number of amides is 1. The van der Waals surface area contributed by atoms with Crippen molar-refractivity contribution in [2.75, 3.05) is 27.2 Å². The van der Waals surface area contributed by atoms with Gasteiger partial charge in [0.05, 0.1) is 17.5 Å². The topological polar surface area (TPSA) is 107 Å². The molecule has 0 aliphatic carbocycles. The maximum absolute atomic E-state index is 13.6. The van der Waals surface area contributed by atoms with Gasteiger partial charge < -0.3 is 20.6 Å². The van der Waals surface area contributed by atoms with Crippen molar-refractivity contribution >= 4 is 34.4 Å². The number of H-pyrrole nitrogens is 1. The maximum Gasteiger partial charge on any atom is 0.258 e. The lowest BCUT2D eigenvalue weighted by Gasteiger charge is -2.20. The van der Waals surface area contributed by atoms with E-state index in [0.29, 0.717) is 34.7 Å². The average molecular weight is 449 g/mol. The van der Waals surface area contributed by atoms with Gasteiger partial charge in [0.25, 0.3) is 11.5 Å². The zero-order chi connectivity index (χ0) is 23.5. The third-order valence-corrected chi connectivity index (χ3v) is 5.85. The molecule has 1 saturated heterocycles. The third-order valence-electron chi connectivity index (χ3n) is 5.85. The van der Waals surface area contributed by atoms with E-state index in [1.54, 1.807) is 24.3 Å². The van der Waals surface area contributed by atoms with Crippen LogP contribution in [0.25, 0.3) is 10.9 Å². The second-order valence-electron chi connectivity index (χ2n) is 8.22. The average Bonchev–Trinajstić information content (AvgIpc) is 3.31. The van der Waals surface area contributed by atoms with E-state index >= 15 is 0 Å². The summed E-state index contributed by atoms with van der Waals surface area (Å²) in [7, 11) is 4.04. The molecule has 8 nitrogen and oxygen atoms in total. The minimum absolute atomic E-state index is 0.00554. The van der Waals surface area contributed by atoms with Crippen molar-refractivity contribution in [2.24, 2.45) is 15.9 Å². The summed E-state index contributed by atoms with van der Waals surface area (Å²) in [6, 6.07) is 12.9. The summed E-state index contributed by atoms with van der Waals surface area (Å²) < 4.78 is 13.6. The Morgan fingerprint density at radius 3 is 2.64 bits per heavy atom. The van der Waals surface area contributed by atoms with Gasteiger partial charge in [0.1, 0.15) is 11.5 Å². The van der Waals surface area contributed by atoms with Crippen molar-refractivity contribution in [3.8, 4) is 0 Å². The second kappa shape index (κ2) is 9.33. The molecule has 1 unspecified atom stereocenters. The van der Waals surface area contributed by atoms with E-state index in [-0.39, 0.29) is 17.2 Å². The molecule has 170 valence electrons. The number of pyridine rings is 1. The maximum atomic E-state index is 13.6. The Morgan fingerprint density at radius 1 is 1.21 bits per heavy atom. The van der Waals surface area contributed by atoms with Crippen LogP contribution in [0.3, 0.4) is 0 Å². The minimum Gasteiger partial charge on any atom is -0.337 e. The molecular weight excluding hydrogens is 423 g/mol. The van der Waals surface area contributed by atoms with Crippen molar-refractivity contribution in [2.45, 2.75) is 12.5 Å². The molecule has 2 heterocycles. The van der Waals surface area contributed by atoms with Crippen LogP contribution in [-0.2, 0) is 0 Å². The largest absolute Gasteiger partial charge is 0.337 e. The molecule has 3 N–H and O–H groups in total. The predicted octanol–water partition coefficient (Wildman–Crippen LogP) is 2.51. The molecule has 1 amide bonds. The van der Waals surface area contributed by atoms with Crippen LogP contribution in [0.4, 0.5) is 10.1 Å². The molecule has 2 aromatic carbocycles. The molecule has 0 radical (unpaired) electrons. The van der Waals surface area contributed by atoms with Crippen LogP contribution in [-0.4, -0.2) is 65.8 Å². The van der Waals surface area contributed by atoms with Gasteiger partial charge in [0.2, 0.25) is 0 Å². The summed E-state index contributed by atoms with van der Waals surface area (Å²) >= 11 is 0. The molecule has 1 atom stereocenters. The number of nitrogens with two attached hydrogens (primary N) is 1. The highest BCUT2D eigenvalue weighted by Crippen LogP contribution is 2.19. The second-order valence-corrected chi connectivity index (χ2v) is 8.22. The molecule has 9 heteroatoms. The van der Waals surface area contributed by atoms with Crippen molar-refractivity contribution < 1.29 is 9.18 Å². The van der Waals surface area contributed by atoms with E-state index < -0.39 is 11.4 Å². The highest BCUT2D eigenvalue weighted by atomic mass is 19.1. The van der Waals surface area contributed by atoms with Gasteiger partial charge in [0, 0.05) is 35.6 Å². The highest BCUT2D eigenvalue weighted by molar-refractivity contribution is 6.38. The first-order valence-corrected chi connectivity index (χ1v) is 10.6. The van der Waals surface area contributed by atoms with Gasteiger partial charge in [-0.15, -0.1) is 0 Å². The monoisotopic (exact) mass is 448 g/mol. The van der Waals surface area contributed by atoms with Gasteiger partial charge in [-0.25, -0.2) is 4.39 Å². The molecular formula is C24H25FN6O2. The predicted molar refractivity (Wildman–Crippen MR) is 128 cm³/mol. The van der Waals surface area contributed by atoms with Crippen LogP contribution >= 0.6 is 0 Å². The number of benzene rings is 2. The van der Waals surface area contributed by atoms with Crippen molar-refractivity contribution in [3.05, 3.63) is 75.8 Å². The third kappa shape index (κ3) is 4.83. The summed E-state index contributed by atoms with van der Waals surface area (Å²) in [6.45, 7) is 1.45. The van der Waals surface area contributed by atoms with Gasteiger partial charge >= 0.3 is 0 Å². The fraction of sp³-hybridized carbons (Fsp3) is 0.250. The Labute approximate surface area is 190 Å². The Bertz CT molecular complexity index is 1300. The zero-order valence-electron chi connectivity index (χ0n) is 18.5. The van der Waals surface area contributed by atoms with E-state index in [9.17, 15) is 14.0 Å². The van der Waals surface area contributed by atoms with Gasteiger partial charge in [-0.3, -0.25) is 14.6 Å². The van der Waals surface area contributed by atoms with E-state index in [1.807, 2.05) is 19.0 Å². The number of nitrogens with one attached hydrogen (secondary N) is 1. The summed E-state index contributed by atoms with van der Waals surface area (Å²) in [6.07, 6.45) is 2.33. The number of rotatable bonds is 5. The summed E-state index contributed by atoms with van der Waals surface area (Å²) in [5.41, 5.74) is 1.59. The molecule has 4 rings (SSSR count). The van der Waals surface area contributed by atoms with E-state index in [2.05, 4.69) is 20.0 Å². The van der Waals surface area contributed by atoms with E-state index in [4.69, 9.17) is 5.84 Å². The molecule has 1 aromatic heterocycles. The van der Waals surface area contributed by atoms with Crippen LogP contribution in [0.2, 0.25) is 0 Å². The molecule has 0 bridgehead atoms. The Hall–Kier alpha value is -3.85. The van der Waals surface area contributed by atoms with Crippen LogP contribution in [0.5, 0.6) is 0 Å². The summed E-state index contributed by atoms with van der Waals surface area (Å²) in [5, 5.41) is 4.19. The lowest BCUT2D eigenvalue weighted by Crippen LogP contribution is -2.34. The normalized spacial score (nSPS) is 16.9. The Morgan fingerprint density at radius 2 is 1.97 bits per heavy atom. The number of likely N-dealkylation sites (N-methyl/N-ethyl adjacent to an activating group) is 1. The zero-order valence-corrected chi connectivity index (χ0v) is 18.5. The highest BCUT2D eigenvalue weighted by Gasteiger charge is 2.27. The molecule has 33 heavy (non-hydrogen) atoms. The minimum atomic E-state index is -0.416. The molecule has 1 aliphatic heterocycles. The first kappa shape index (κ1) is 22.3. The number of hydrogen-bond acceptors (Lipinski definition) is 6. The van der Waals surface area contributed by atoms with E-state index in [0.717, 1.165) is 13.0 Å². The molecule has 0 spiro atoms. The number of hydrogen-bond donors (Lipinski definition) is 2. The molecule has 1 aliphatic rings. The summed E-state index contributed by atoms with van der Waals surface area (Å²) in [5.74, 6) is 5.07. The lowest BCUT2D eigenvalue weighted by molar-refractivity contribution is 0.0783.